The zero-order valence-corrected chi connectivity index (χ0v) is 34.8. The Morgan fingerprint density at radius 2 is 1.37 bits per heavy atom. The van der Waals surface area contributed by atoms with Gasteiger partial charge in [-0.1, -0.05) is 125 Å². The number of aryl methyl sites for hydroxylation is 2. The van der Waals surface area contributed by atoms with Gasteiger partial charge in [-0.05, 0) is 54.0 Å². The summed E-state index contributed by atoms with van der Waals surface area (Å²) in [4.78, 5) is 20.2. The Balaban J connectivity index is 0.00000455. The molecule has 0 aliphatic carbocycles. The number of aromatic nitrogens is 5. The molecule has 8 nitrogen and oxygen atoms in total. The number of pyridine rings is 1. The van der Waals surface area contributed by atoms with E-state index in [1.165, 1.54) is 5.56 Å². The van der Waals surface area contributed by atoms with Gasteiger partial charge >= 0.3 is 27.1 Å². The van der Waals surface area contributed by atoms with Crippen molar-refractivity contribution in [3.8, 4) is 51.5 Å². The summed E-state index contributed by atoms with van der Waals surface area (Å²) in [5.74, 6) is 3.34. The first-order valence-corrected chi connectivity index (χ1v) is 18.6. The maximum Gasteiger partial charge on any atom is 2.00 e. The topological polar surface area (TPSA) is 71.7 Å². The monoisotopic (exact) mass is 924 g/mol. The molecule has 0 radical (unpaired) electrons. The maximum atomic E-state index is 6.85. The van der Waals surface area contributed by atoms with Crippen LogP contribution in [0.4, 0.5) is 5.69 Å². The van der Waals surface area contributed by atoms with Crippen LogP contribution in [0.5, 0.6) is 11.5 Å². The average Bonchev–Trinajstić information content (AvgIpc) is 3.78. The van der Waals surface area contributed by atoms with E-state index < -0.39 is 0 Å². The Morgan fingerprint density at radius 3 is 2.02 bits per heavy atom. The third-order valence-corrected chi connectivity index (χ3v) is 9.94. The Bertz CT molecular complexity index is 2870. The van der Waals surface area contributed by atoms with Crippen molar-refractivity contribution in [1.82, 2.24) is 24.5 Å². The fourth-order valence-electron chi connectivity index (χ4n) is 6.85. The summed E-state index contributed by atoms with van der Waals surface area (Å²) >= 11 is 0. The standard InChI is InChI=1S/C48H39N7O.Pt/c1-31-14-18-33(19-15-31)45-50-46(34-20-16-32(2)17-21-34)52-47(51-45)40-28-39-38-12-7-8-13-41(38)55(44-26-35(22-23-49-44)48(3,4)5)42(39)29-43(40)56-37-11-9-10-36(27-37)54-25-24-53(6)30-54;/h7-26,28H,1-6H3;/q;+2. The summed E-state index contributed by atoms with van der Waals surface area (Å²) in [6.07, 6.45) is 5.74. The van der Waals surface area contributed by atoms with Gasteiger partial charge in [0.1, 0.15) is 17.3 Å². The smallest absolute Gasteiger partial charge is 0.508 e. The molecule has 0 amide bonds. The molecule has 0 N–H and O–H groups in total. The van der Waals surface area contributed by atoms with Gasteiger partial charge in [0.05, 0.1) is 0 Å². The summed E-state index contributed by atoms with van der Waals surface area (Å²) < 4.78 is 12.7. The van der Waals surface area contributed by atoms with E-state index in [0.29, 0.717) is 34.5 Å². The van der Waals surface area contributed by atoms with E-state index in [-0.39, 0.29) is 26.5 Å². The molecule has 9 rings (SSSR count). The number of nitrogens with zero attached hydrogens (tertiary/aromatic N) is 7. The van der Waals surface area contributed by atoms with Gasteiger partial charge in [0.25, 0.3) is 6.20 Å². The molecule has 1 aliphatic heterocycles. The van der Waals surface area contributed by atoms with E-state index in [1.54, 1.807) is 0 Å². The second-order valence-electron chi connectivity index (χ2n) is 15.2. The van der Waals surface area contributed by atoms with Gasteiger partial charge in [0.15, 0.2) is 18.7 Å². The number of fused-ring (bicyclic) bond motifs is 3. The number of hydrogen-bond donors (Lipinski definition) is 0. The molecule has 0 saturated carbocycles. The molecule has 5 aromatic carbocycles. The predicted molar refractivity (Wildman–Crippen MR) is 221 cm³/mol. The summed E-state index contributed by atoms with van der Waals surface area (Å²) in [5, 5.41) is 2.01. The molecule has 3 aromatic heterocycles. The third-order valence-electron chi connectivity index (χ3n) is 9.94. The molecular weight excluding hydrogens is 886 g/mol. The summed E-state index contributed by atoms with van der Waals surface area (Å²) in [6, 6.07) is 47.4. The van der Waals surface area contributed by atoms with Crippen LogP contribution in [0.15, 0.2) is 128 Å². The number of rotatable bonds is 7. The zero-order chi connectivity index (χ0) is 38.6. The molecule has 4 heterocycles. The fourth-order valence-corrected chi connectivity index (χ4v) is 6.85. The van der Waals surface area contributed by atoms with Crippen LogP contribution in [0.2, 0.25) is 0 Å². The Kier molecular flexibility index (Phi) is 9.87. The zero-order valence-electron chi connectivity index (χ0n) is 32.5. The van der Waals surface area contributed by atoms with E-state index in [0.717, 1.165) is 55.6 Å². The van der Waals surface area contributed by atoms with Gasteiger partial charge in [0, 0.05) is 34.3 Å². The SMILES string of the molecule is Cc1ccc(-c2nc(-c3ccc(C)cc3)nc(-c3cc4c5ccccc5n(-c5cc(C(C)(C)C)ccn5)c4[c-]c3Oc3[c-]c([N+]4=C=[N+](C)C=C4)ccc3)n2)cc1.[Pt+2]. The van der Waals surface area contributed by atoms with Crippen LogP contribution in [0, 0.1) is 26.0 Å². The third kappa shape index (κ3) is 7.38. The minimum atomic E-state index is -0.0698. The summed E-state index contributed by atoms with van der Waals surface area (Å²) in [6.45, 7) is 10.8. The minimum absolute atomic E-state index is 0. The van der Waals surface area contributed by atoms with Gasteiger partial charge < -0.3 is 9.30 Å². The maximum absolute atomic E-state index is 6.85. The summed E-state index contributed by atoms with van der Waals surface area (Å²) in [5.41, 5.74) is 8.46. The molecule has 0 unspecified atom stereocenters. The minimum Gasteiger partial charge on any atom is -0.508 e. The van der Waals surface area contributed by atoms with Crippen LogP contribution in [0.1, 0.15) is 37.5 Å². The van der Waals surface area contributed by atoms with Crippen molar-refractivity contribution in [2.75, 3.05) is 7.05 Å². The van der Waals surface area contributed by atoms with Crippen molar-refractivity contribution < 1.29 is 35.0 Å². The largest absolute Gasteiger partial charge is 2.00 e. The molecule has 0 atom stereocenters. The van der Waals surface area contributed by atoms with E-state index >= 15 is 0 Å². The number of hydrogen-bond acceptors (Lipinski definition) is 5. The first-order chi connectivity index (χ1) is 27.1. The van der Waals surface area contributed by atoms with Gasteiger partial charge in [-0.3, -0.25) is 0 Å². The van der Waals surface area contributed by atoms with Crippen LogP contribution in [-0.2, 0) is 26.5 Å². The second kappa shape index (κ2) is 15.0. The van der Waals surface area contributed by atoms with Crippen molar-refractivity contribution >= 4 is 33.5 Å². The average molecular weight is 925 g/mol. The molecule has 8 aromatic rings. The molecule has 9 heteroatoms. The molecule has 1 aliphatic rings. The molecule has 280 valence electrons. The van der Waals surface area contributed by atoms with Crippen molar-refractivity contribution in [2.24, 2.45) is 0 Å². The first-order valence-electron chi connectivity index (χ1n) is 18.6. The van der Waals surface area contributed by atoms with E-state index in [4.69, 9.17) is 24.7 Å². The molecular formula is C48H39N7OPt+2. The Hall–Kier alpha value is -6.33. The number of para-hydroxylation sites is 1. The second-order valence-corrected chi connectivity index (χ2v) is 15.2. The van der Waals surface area contributed by atoms with Crippen LogP contribution in [-0.4, -0.2) is 46.7 Å². The quantitative estimate of drug-likeness (QED) is 0.118. The molecule has 0 fully saturated rings. The molecule has 0 bridgehead atoms. The normalized spacial score (nSPS) is 12.5. The van der Waals surface area contributed by atoms with Crippen LogP contribution >= 0.6 is 0 Å². The van der Waals surface area contributed by atoms with Crippen molar-refractivity contribution in [1.29, 1.82) is 0 Å². The van der Waals surface area contributed by atoms with Gasteiger partial charge in [-0.2, -0.15) is 6.07 Å². The molecule has 57 heavy (non-hydrogen) atoms. The number of benzene rings is 5. The van der Waals surface area contributed by atoms with Crippen LogP contribution in [0.3, 0.4) is 0 Å². The molecule has 0 spiro atoms. The van der Waals surface area contributed by atoms with Gasteiger partial charge in [-0.25, -0.2) is 19.9 Å². The van der Waals surface area contributed by atoms with Crippen LogP contribution < -0.4 is 4.74 Å². The summed E-state index contributed by atoms with van der Waals surface area (Å²) in [7, 11) is 1.93. The Labute approximate surface area is 346 Å². The first kappa shape index (κ1) is 37.6. The fraction of sp³-hybridized carbons (Fsp3) is 0.146. The van der Waals surface area contributed by atoms with Crippen molar-refractivity contribution in [3.63, 3.8) is 0 Å². The van der Waals surface area contributed by atoms with Gasteiger partial charge in [-0.15, -0.1) is 23.6 Å². The van der Waals surface area contributed by atoms with Crippen molar-refractivity contribution in [3.05, 3.63) is 157 Å². The van der Waals surface area contributed by atoms with Gasteiger partial charge in [0.2, 0.25) is 6.20 Å². The number of ether oxygens (including phenoxy) is 1. The van der Waals surface area contributed by atoms with Crippen molar-refractivity contribution in [2.45, 2.75) is 40.0 Å². The molecule has 0 saturated heterocycles. The van der Waals surface area contributed by atoms with E-state index in [2.05, 4.69) is 124 Å². The Morgan fingerprint density at radius 1 is 0.702 bits per heavy atom. The van der Waals surface area contributed by atoms with E-state index in [1.807, 2.05) is 77.3 Å². The van der Waals surface area contributed by atoms with E-state index in [9.17, 15) is 0 Å². The predicted octanol–water partition coefficient (Wildman–Crippen LogP) is 10.6. The van der Waals surface area contributed by atoms with Crippen LogP contribution in [0.25, 0.3) is 61.8 Å².